The highest BCUT2D eigenvalue weighted by Crippen LogP contribution is 2.27. The van der Waals surface area contributed by atoms with Crippen molar-refractivity contribution in [1.82, 2.24) is 33.8 Å². The van der Waals surface area contributed by atoms with E-state index in [1.807, 2.05) is 0 Å². The molecule has 20 nitrogen and oxygen atoms in total. The van der Waals surface area contributed by atoms with Gasteiger partial charge < -0.3 is 48.8 Å². The van der Waals surface area contributed by atoms with Crippen LogP contribution in [0.1, 0.15) is 0 Å². The molecule has 0 amide bonds. The molecule has 3 aromatic heterocycles. The summed E-state index contributed by atoms with van der Waals surface area (Å²) in [6.45, 7) is 4.59. The Hall–Kier alpha value is -2.90. The molecular weight excluding hydrogens is 556 g/mol. The van der Waals surface area contributed by atoms with Crippen LogP contribution in [0, 0.1) is 15.5 Å². The van der Waals surface area contributed by atoms with Gasteiger partial charge in [0.1, 0.15) is 11.7 Å². The van der Waals surface area contributed by atoms with Gasteiger partial charge in [-0.2, -0.15) is 5.10 Å². The Morgan fingerprint density at radius 1 is 1.05 bits per heavy atom. The molecule has 7 N–H and O–H groups in total. The summed E-state index contributed by atoms with van der Waals surface area (Å²) in [5.74, 6) is 0.197. The van der Waals surface area contributed by atoms with Crippen molar-refractivity contribution < 1.29 is 48.2 Å². The number of fused-ring (bicyclic) bond motifs is 1. The first-order chi connectivity index (χ1) is 17.5. The van der Waals surface area contributed by atoms with Gasteiger partial charge in [0.2, 0.25) is 5.82 Å². The molecule has 1 aliphatic heterocycles. The van der Waals surface area contributed by atoms with E-state index in [0.717, 1.165) is 32.8 Å². The number of ether oxygens (including phenoxy) is 1. The largest absolute Gasteiger partial charge is 0.466 e. The van der Waals surface area contributed by atoms with E-state index in [2.05, 4.69) is 20.0 Å². The number of rotatable bonds is 5. The monoisotopic (exact) mass is 583 g/mol. The van der Waals surface area contributed by atoms with Gasteiger partial charge in [-0.15, -0.1) is 0 Å². The lowest BCUT2D eigenvalue weighted by molar-refractivity contribution is -0.391. The van der Waals surface area contributed by atoms with E-state index >= 15 is 0 Å². The van der Waals surface area contributed by atoms with Crippen LogP contribution in [-0.2, 0) is 34.5 Å². The van der Waals surface area contributed by atoms with Crippen molar-refractivity contribution >= 4 is 32.5 Å². The van der Waals surface area contributed by atoms with Gasteiger partial charge in [-0.25, -0.2) is 28.3 Å². The van der Waals surface area contributed by atoms with Crippen LogP contribution in [-0.4, -0.2) is 101 Å². The maximum atomic E-state index is 11.1. The molecule has 1 fully saturated rings. The van der Waals surface area contributed by atoms with Crippen LogP contribution >= 0.6 is 15.6 Å². The van der Waals surface area contributed by atoms with E-state index in [9.17, 15) is 10.1 Å². The number of imidazole rings is 1. The van der Waals surface area contributed by atoms with Crippen LogP contribution in [0.5, 0.6) is 0 Å². The van der Waals surface area contributed by atoms with E-state index in [4.69, 9.17) is 48.6 Å². The zero-order chi connectivity index (χ0) is 28.8. The first-order valence-electron chi connectivity index (χ1n) is 10.5. The molecule has 3 aromatic rings. The van der Waals surface area contributed by atoms with Gasteiger partial charge in [-0.3, -0.25) is 10.3 Å². The van der Waals surface area contributed by atoms with E-state index in [-0.39, 0.29) is 11.3 Å². The second kappa shape index (κ2) is 12.8. The van der Waals surface area contributed by atoms with Crippen molar-refractivity contribution in [2.24, 2.45) is 14.1 Å². The molecule has 22 heteroatoms. The summed E-state index contributed by atoms with van der Waals surface area (Å²) in [5.41, 5.74) is 1.20. The zero-order valence-electron chi connectivity index (χ0n) is 20.1. The molecule has 0 bridgehead atoms. The highest BCUT2D eigenvalue weighted by molar-refractivity contribution is 7.45. The molecule has 0 radical (unpaired) electrons. The summed E-state index contributed by atoms with van der Waals surface area (Å²) in [7, 11) is -5.98. The summed E-state index contributed by atoms with van der Waals surface area (Å²) in [4.78, 5) is 64.7. The van der Waals surface area contributed by atoms with Crippen LogP contribution in [0.2, 0.25) is 0 Å². The number of nitro groups is 1. The molecule has 1 aliphatic rings. The Balaban J connectivity index is 0.000000435. The second-order valence-electron chi connectivity index (χ2n) is 7.69. The number of morpholine rings is 1. The molecule has 0 aliphatic carbocycles. The molecule has 0 aromatic carbocycles. The van der Waals surface area contributed by atoms with Crippen molar-refractivity contribution in [3.63, 3.8) is 0 Å². The molecule has 1 saturated heterocycles. The van der Waals surface area contributed by atoms with Gasteiger partial charge in [0.25, 0.3) is 0 Å². The van der Waals surface area contributed by atoms with E-state index < -0.39 is 20.6 Å². The fraction of sp³-hybridized carbons (Fsp3) is 0.500. The Bertz CT molecular complexity index is 1380. The van der Waals surface area contributed by atoms with Crippen LogP contribution in [0.4, 0.5) is 5.82 Å². The standard InChI is InChI=1S/C16H21N9O3.2H3O4P/c1-21-11(25(26)27)9-18-16(21)13-12-14(17)24(10-19-15(12)22(2)20-13)4-3-23-5-7-28-8-6-23;2*1-5(2,3)4/h9-10,17H,3-8H2,1-2H3;2*(H3,1,2,3,4). The fourth-order valence-electron chi connectivity index (χ4n) is 3.40. The van der Waals surface area contributed by atoms with Crippen molar-refractivity contribution in [3.8, 4) is 11.5 Å². The first kappa shape index (κ1) is 31.3. The Morgan fingerprint density at radius 3 is 2.11 bits per heavy atom. The second-order valence-corrected chi connectivity index (χ2v) is 9.75. The Kier molecular flexibility index (Phi) is 10.5. The van der Waals surface area contributed by atoms with Crippen molar-refractivity contribution in [1.29, 1.82) is 5.41 Å². The van der Waals surface area contributed by atoms with Crippen molar-refractivity contribution in [3.05, 3.63) is 28.1 Å². The lowest BCUT2D eigenvalue weighted by Gasteiger charge is -2.26. The molecule has 0 atom stereocenters. The fourth-order valence-corrected chi connectivity index (χ4v) is 3.40. The minimum atomic E-state index is -4.64. The lowest BCUT2D eigenvalue weighted by Crippen LogP contribution is -2.39. The summed E-state index contributed by atoms with van der Waals surface area (Å²) < 4.78 is 27.8. The number of aromatic nitrogens is 6. The molecule has 4 rings (SSSR count). The predicted octanol–water partition coefficient (Wildman–Crippen LogP) is -1.97. The lowest BCUT2D eigenvalue weighted by atomic mass is 10.2. The van der Waals surface area contributed by atoms with E-state index in [1.165, 1.54) is 10.8 Å². The maximum Gasteiger partial charge on any atom is 0.466 e. The zero-order valence-corrected chi connectivity index (χ0v) is 21.9. The highest BCUT2D eigenvalue weighted by Gasteiger charge is 2.25. The average Bonchev–Trinajstić information content (AvgIpc) is 3.32. The number of hydrogen-bond donors (Lipinski definition) is 7. The molecule has 0 saturated carbocycles. The molecule has 0 unspecified atom stereocenters. The third kappa shape index (κ3) is 9.44. The smallest absolute Gasteiger partial charge is 0.379 e. The SMILES string of the molecule is Cn1c([N+](=O)[O-])cnc1-c1nn(C)c2ncn(CCN3CCOCC3)c(=N)c12.O=P(O)(O)O.O=P(O)(O)O. The van der Waals surface area contributed by atoms with Gasteiger partial charge in [0.05, 0.1) is 32.0 Å². The third-order valence-corrected chi connectivity index (χ3v) is 4.98. The van der Waals surface area contributed by atoms with E-state index in [1.54, 1.807) is 29.7 Å². The van der Waals surface area contributed by atoms with Crippen molar-refractivity contribution in [2.45, 2.75) is 6.54 Å². The summed E-state index contributed by atoms with van der Waals surface area (Å²) in [6, 6.07) is 0. The molecule has 0 spiro atoms. The quantitative estimate of drug-likeness (QED) is 0.0974. The minimum Gasteiger partial charge on any atom is -0.379 e. The summed E-state index contributed by atoms with van der Waals surface area (Å²) >= 11 is 0. The van der Waals surface area contributed by atoms with Crippen LogP contribution in [0.15, 0.2) is 12.5 Å². The Labute approximate surface area is 213 Å². The Morgan fingerprint density at radius 2 is 1.61 bits per heavy atom. The van der Waals surface area contributed by atoms with E-state index in [0.29, 0.717) is 29.1 Å². The molecule has 4 heterocycles. The molecule has 38 heavy (non-hydrogen) atoms. The van der Waals surface area contributed by atoms with Crippen LogP contribution in [0.3, 0.4) is 0 Å². The summed E-state index contributed by atoms with van der Waals surface area (Å²) in [5, 5.41) is 24.8. The van der Waals surface area contributed by atoms with Gasteiger partial charge in [0, 0.05) is 33.2 Å². The van der Waals surface area contributed by atoms with Gasteiger partial charge in [-0.05, 0) is 4.92 Å². The number of phosphoric acid groups is 2. The molecule has 212 valence electrons. The van der Waals surface area contributed by atoms with Gasteiger partial charge in [-0.1, -0.05) is 0 Å². The predicted molar refractivity (Wildman–Crippen MR) is 127 cm³/mol. The average molecular weight is 583 g/mol. The number of hydrogen-bond acceptors (Lipinski definition) is 10. The molecular formula is C16H27N9O11P2. The number of aryl methyl sites for hydroxylation is 1. The minimum absolute atomic E-state index is 0.135. The topological polar surface area (TPSA) is 288 Å². The first-order valence-corrected chi connectivity index (χ1v) is 13.6. The maximum absolute atomic E-state index is 11.1. The number of nitrogens with zero attached hydrogens (tertiary/aromatic N) is 8. The van der Waals surface area contributed by atoms with Gasteiger partial charge >= 0.3 is 21.5 Å². The summed E-state index contributed by atoms with van der Waals surface area (Å²) in [6.07, 6.45) is 2.83. The van der Waals surface area contributed by atoms with Crippen LogP contribution < -0.4 is 5.49 Å². The number of nitrogens with one attached hydrogen (secondary N) is 1. The highest BCUT2D eigenvalue weighted by atomic mass is 31.2. The van der Waals surface area contributed by atoms with Crippen molar-refractivity contribution in [2.75, 3.05) is 32.8 Å². The van der Waals surface area contributed by atoms with Crippen LogP contribution in [0.25, 0.3) is 22.6 Å². The third-order valence-electron chi connectivity index (χ3n) is 4.98. The normalized spacial score (nSPS) is 14.4. The van der Waals surface area contributed by atoms with Gasteiger partial charge in [0.15, 0.2) is 11.3 Å².